The number of carboxylic acids is 1. The van der Waals surface area contributed by atoms with Gasteiger partial charge in [0.2, 0.25) is 5.91 Å². The van der Waals surface area contributed by atoms with E-state index in [0.717, 1.165) is 6.42 Å². The first kappa shape index (κ1) is 12.6. The molecule has 4 heteroatoms. The molecule has 0 unspecified atom stereocenters. The molecular formula is C14H17NO3. The van der Waals surface area contributed by atoms with Crippen molar-refractivity contribution in [3.8, 4) is 0 Å². The van der Waals surface area contributed by atoms with Crippen molar-refractivity contribution in [1.29, 1.82) is 0 Å². The van der Waals surface area contributed by atoms with Gasteiger partial charge in [0.05, 0.1) is 11.8 Å². The van der Waals surface area contributed by atoms with E-state index in [4.69, 9.17) is 5.11 Å². The Morgan fingerprint density at radius 3 is 2.50 bits per heavy atom. The van der Waals surface area contributed by atoms with E-state index in [1.165, 1.54) is 11.1 Å². The molecule has 96 valence electrons. The first-order valence-electron chi connectivity index (χ1n) is 6.14. The van der Waals surface area contributed by atoms with E-state index in [2.05, 4.69) is 5.32 Å². The van der Waals surface area contributed by atoms with E-state index >= 15 is 0 Å². The van der Waals surface area contributed by atoms with Gasteiger partial charge in [0.1, 0.15) is 0 Å². The highest BCUT2D eigenvalue weighted by Crippen LogP contribution is 2.38. The number of carboxylic acid groups (broad SMARTS) is 1. The summed E-state index contributed by atoms with van der Waals surface area (Å²) >= 11 is 0. The smallest absolute Gasteiger partial charge is 0.307 e. The van der Waals surface area contributed by atoms with Gasteiger partial charge < -0.3 is 10.4 Å². The summed E-state index contributed by atoms with van der Waals surface area (Å²) in [7, 11) is 0. The number of hydrogen-bond donors (Lipinski definition) is 2. The minimum absolute atomic E-state index is 0.130. The Morgan fingerprint density at radius 1 is 1.28 bits per heavy atom. The number of benzene rings is 1. The number of aryl methyl sites for hydroxylation is 1. The van der Waals surface area contributed by atoms with Crippen LogP contribution in [0.4, 0.5) is 0 Å². The molecule has 1 amide bonds. The van der Waals surface area contributed by atoms with Gasteiger partial charge >= 0.3 is 5.97 Å². The molecule has 0 aromatic heterocycles. The van der Waals surface area contributed by atoms with E-state index in [0.29, 0.717) is 13.0 Å². The number of amides is 1. The molecule has 1 aromatic rings. The Bertz CT molecular complexity index is 453. The zero-order valence-electron chi connectivity index (χ0n) is 10.3. The highest BCUT2D eigenvalue weighted by molar-refractivity contribution is 5.89. The van der Waals surface area contributed by atoms with Crippen molar-refractivity contribution in [2.75, 3.05) is 6.54 Å². The van der Waals surface area contributed by atoms with Crippen LogP contribution in [0.1, 0.15) is 17.5 Å². The molecule has 0 bridgehead atoms. The molecule has 2 rings (SSSR count). The average molecular weight is 247 g/mol. The van der Waals surface area contributed by atoms with E-state index in [1.807, 2.05) is 31.2 Å². The van der Waals surface area contributed by atoms with Crippen LogP contribution in [0.25, 0.3) is 0 Å². The second-order valence-corrected chi connectivity index (χ2v) is 4.81. The van der Waals surface area contributed by atoms with Crippen molar-refractivity contribution in [2.24, 2.45) is 11.8 Å². The van der Waals surface area contributed by atoms with Gasteiger partial charge in [0.15, 0.2) is 0 Å². The van der Waals surface area contributed by atoms with Crippen molar-refractivity contribution in [3.05, 3.63) is 35.4 Å². The quantitative estimate of drug-likeness (QED) is 0.826. The summed E-state index contributed by atoms with van der Waals surface area (Å²) in [4.78, 5) is 22.2. The van der Waals surface area contributed by atoms with Crippen LogP contribution in [0.2, 0.25) is 0 Å². The maximum absolute atomic E-state index is 11.6. The fraction of sp³-hybridized carbons (Fsp3) is 0.429. The SMILES string of the molecule is Cc1ccc(CCNC(=O)[C@H]2C[C@@H]2C(=O)O)cc1. The Labute approximate surface area is 106 Å². The second kappa shape index (κ2) is 5.21. The van der Waals surface area contributed by atoms with Gasteiger partial charge in [-0.15, -0.1) is 0 Å². The van der Waals surface area contributed by atoms with Crippen LogP contribution < -0.4 is 5.32 Å². The van der Waals surface area contributed by atoms with Crippen molar-refractivity contribution in [1.82, 2.24) is 5.32 Å². The van der Waals surface area contributed by atoms with E-state index in [1.54, 1.807) is 0 Å². The van der Waals surface area contributed by atoms with Crippen molar-refractivity contribution >= 4 is 11.9 Å². The molecule has 0 spiro atoms. The molecule has 1 aliphatic rings. The summed E-state index contributed by atoms with van der Waals surface area (Å²) in [5.74, 6) is -1.78. The average Bonchev–Trinajstić information content (AvgIpc) is 3.11. The van der Waals surface area contributed by atoms with Crippen LogP contribution in [0.5, 0.6) is 0 Å². The Balaban J connectivity index is 1.71. The number of carbonyl (C=O) groups excluding carboxylic acids is 1. The van der Waals surface area contributed by atoms with Crippen LogP contribution in [0, 0.1) is 18.8 Å². The third-order valence-electron chi connectivity index (χ3n) is 3.28. The third-order valence-corrected chi connectivity index (χ3v) is 3.28. The molecule has 1 aromatic carbocycles. The van der Waals surface area contributed by atoms with Gasteiger partial charge in [-0.25, -0.2) is 0 Å². The van der Waals surface area contributed by atoms with Gasteiger partial charge in [-0.05, 0) is 25.3 Å². The van der Waals surface area contributed by atoms with Crippen molar-refractivity contribution < 1.29 is 14.7 Å². The molecule has 1 saturated carbocycles. The summed E-state index contributed by atoms with van der Waals surface area (Å²) in [6, 6.07) is 8.16. The monoisotopic (exact) mass is 247 g/mol. The first-order chi connectivity index (χ1) is 8.58. The van der Waals surface area contributed by atoms with Gasteiger partial charge in [-0.3, -0.25) is 9.59 Å². The molecule has 0 aliphatic heterocycles. The lowest BCUT2D eigenvalue weighted by Gasteiger charge is -2.05. The van der Waals surface area contributed by atoms with Crippen LogP contribution in [0.3, 0.4) is 0 Å². The fourth-order valence-electron chi connectivity index (χ4n) is 1.97. The number of hydrogen-bond acceptors (Lipinski definition) is 2. The Kier molecular flexibility index (Phi) is 3.65. The molecule has 2 atom stereocenters. The van der Waals surface area contributed by atoms with Gasteiger partial charge in [-0.1, -0.05) is 29.8 Å². The normalized spacial score (nSPS) is 21.4. The van der Waals surface area contributed by atoms with E-state index in [9.17, 15) is 9.59 Å². The lowest BCUT2D eigenvalue weighted by atomic mass is 10.1. The molecule has 1 fully saturated rings. The molecule has 18 heavy (non-hydrogen) atoms. The summed E-state index contributed by atoms with van der Waals surface area (Å²) in [5.41, 5.74) is 2.39. The second-order valence-electron chi connectivity index (χ2n) is 4.81. The van der Waals surface area contributed by atoms with Crippen molar-refractivity contribution in [2.45, 2.75) is 19.8 Å². The lowest BCUT2D eigenvalue weighted by Crippen LogP contribution is -2.28. The summed E-state index contributed by atoms with van der Waals surface area (Å²) in [6.07, 6.45) is 1.25. The van der Waals surface area contributed by atoms with E-state index < -0.39 is 11.9 Å². The molecule has 0 radical (unpaired) electrons. The Hall–Kier alpha value is -1.84. The van der Waals surface area contributed by atoms with Crippen LogP contribution in [-0.4, -0.2) is 23.5 Å². The predicted molar refractivity (Wildman–Crippen MR) is 67.1 cm³/mol. The standard InChI is InChI=1S/C14H17NO3/c1-9-2-4-10(5-3-9)6-7-15-13(16)11-8-12(11)14(17)18/h2-5,11-12H,6-8H2,1H3,(H,15,16)(H,17,18)/t11-,12-/m0/s1. The first-order valence-corrected chi connectivity index (χ1v) is 6.14. The summed E-state index contributed by atoms with van der Waals surface area (Å²) in [6.45, 7) is 2.59. The van der Waals surface area contributed by atoms with Crippen LogP contribution >= 0.6 is 0 Å². The Morgan fingerprint density at radius 2 is 1.94 bits per heavy atom. The molecule has 1 aliphatic carbocycles. The molecule has 0 saturated heterocycles. The molecular weight excluding hydrogens is 230 g/mol. The number of carbonyl (C=O) groups is 2. The fourth-order valence-corrected chi connectivity index (χ4v) is 1.97. The minimum Gasteiger partial charge on any atom is -0.481 e. The molecule has 2 N–H and O–H groups in total. The molecule has 0 heterocycles. The van der Waals surface area contributed by atoms with Crippen LogP contribution in [-0.2, 0) is 16.0 Å². The predicted octanol–water partition coefficient (Wildman–Crippen LogP) is 1.37. The van der Waals surface area contributed by atoms with E-state index in [-0.39, 0.29) is 11.8 Å². The largest absolute Gasteiger partial charge is 0.481 e. The highest BCUT2D eigenvalue weighted by atomic mass is 16.4. The minimum atomic E-state index is -0.867. The maximum Gasteiger partial charge on any atom is 0.307 e. The number of nitrogens with one attached hydrogen (secondary N) is 1. The summed E-state index contributed by atoms with van der Waals surface area (Å²) in [5, 5.41) is 11.5. The number of rotatable bonds is 5. The van der Waals surface area contributed by atoms with Crippen molar-refractivity contribution in [3.63, 3.8) is 0 Å². The van der Waals surface area contributed by atoms with Gasteiger partial charge in [0.25, 0.3) is 0 Å². The maximum atomic E-state index is 11.6. The zero-order valence-corrected chi connectivity index (χ0v) is 10.3. The number of aliphatic carboxylic acids is 1. The van der Waals surface area contributed by atoms with Gasteiger partial charge in [-0.2, -0.15) is 0 Å². The van der Waals surface area contributed by atoms with Crippen LogP contribution in [0.15, 0.2) is 24.3 Å². The highest BCUT2D eigenvalue weighted by Gasteiger charge is 2.48. The van der Waals surface area contributed by atoms with Gasteiger partial charge in [0, 0.05) is 6.54 Å². The zero-order chi connectivity index (χ0) is 13.1. The third kappa shape index (κ3) is 3.09. The topological polar surface area (TPSA) is 66.4 Å². The lowest BCUT2D eigenvalue weighted by molar-refractivity contribution is -0.140. The molecule has 4 nitrogen and oxygen atoms in total. The summed E-state index contributed by atoms with van der Waals surface area (Å²) < 4.78 is 0.